The monoisotopic (exact) mass is 296 g/mol. The number of halogens is 9. The van der Waals surface area contributed by atoms with Gasteiger partial charge in [-0.05, 0) is 0 Å². The number of alkyl halides is 8. The van der Waals surface area contributed by atoms with Gasteiger partial charge in [0.15, 0.2) is 24.2 Å². The minimum atomic E-state index is -5.60. The van der Waals surface area contributed by atoms with Gasteiger partial charge in [-0.15, -0.1) is 12.4 Å². The maximum atomic E-state index is 12.8. The molecule has 0 aliphatic carbocycles. The Labute approximate surface area is 96.7 Å². The molecule has 0 fully saturated rings. The molecule has 17 heavy (non-hydrogen) atoms. The van der Waals surface area contributed by atoms with Crippen molar-refractivity contribution in [1.82, 2.24) is 0 Å². The van der Waals surface area contributed by atoms with Crippen molar-refractivity contribution in [1.29, 1.82) is 0 Å². The van der Waals surface area contributed by atoms with E-state index in [1.807, 2.05) is 0 Å². The van der Waals surface area contributed by atoms with Crippen LogP contribution in [0.25, 0.3) is 0 Å². The van der Waals surface area contributed by atoms with E-state index in [0.29, 0.717) is 0 Å². The Balaban J connectivity index is 0. The molecule has 0 aromatic carbocycles. The van der Waals surface area contributed by atoms with Gasteiger partial charge >= 0.3 is 6.18 Å². The van der Waals surface area contributed by atoms with Crippen LogP contribution in [0.15, 0.2) is 0 Å². The van der Waals surface area contributed by atoms with Gasteiger partial charge in [0.2, 0.25) is 0 Å². The van der Waals surface area contributed by atoms with Crippen LogP contribution < -0.4 is 11.5 Å². The largest absolute Gasteiger partial charge is 0.422 e. The molecule has 0 heterocycles. The predicted molar refractivity (Wildman–Crippen MR) is 45.1 cm³/mol. The number of rotatable bonds is 4. The maximum Gasteiger partial charge on any atom is 0.422 e. The summed E-state index contributed by atoms with van der Waals surface area (Å²) >= 11 is 0. The van der Waals surface area contributed by atoms with Crippen LogP contribution in [0.4, 0.5) is 35.1 Å². The van der Waals surface area contributed by atoms with Gasteiger partial charge in [-0.1, -0.05) is 0 Å². The molecule has 3 atom stereocenters. The maximum absolute atomic E-state index is 12.8. The van der Waals surface area contributed by atoms with E-state index in [0.717, 1.165) is 0 Å². The highest BCUT2D eigenvalue weighted by Crippen LogP contribution is 2.32. The highest BCUT2D eigenvalue weighted by Gasteiger charge is 2.59. The average molecular weight is 297 g/mol. The molecule has 106 valence electrons. The SMILES string of the molecule is Cl.NC(N)(C(F)C(F)C(F)C(F)F)C(F)(F)F. The fourth-order valence-corrected chi connectivity index (χ4v) is 0.720. The molecule has 11 heteroatoms. The first kappa shape index (κ1) is 19.0. The minimum Gasteiger partial charge on any atom is -0.303 e. The van der Waals surface area contributed by atoms with Crippen molar-refractivity contribution in [2.24, 2.45) is 11.5 Å². The van der Waals surface area contributed by atoms with Gasteiger partial charge in [0.1, 0.15) is 0 Å². The third-order valence-corrected chi connectivity index (χ3v) is 1.77. The van der Waals surface area contributed by atoms with E-state index >= 15 is 0 Å². The first-order valence-electron chi connectivity index (χ1n) is 3.77. The molecule has 4 N–H and O–H groups in total. The lowest BCUT2D eigenvalue weighted by Crippen LogP contribution is -2.70. The summed E-state index contributed by atoms with van der Waals surface area (Å²) in [6.45, 7) is 0. The Bertz CT molecular complexity index is 233. The predicted octanol–water partition coefficient (Wildman–Crippen LogP) is 1.86. The molecular formula is C6H9ClF8N2. The Hall–Kier alpha value is -0.350. The second kappa shape index (κ2) is 6.01. The molecule has 0 radical (unpaired) electrons. The summed E-state index contributed by atoms with van der Waals surface area (Å²) in [5.74, 6) is 0. The molecule has 2 nitrogen and oxygen atoms in total. The Morgan fingerprint density at radius 1 is 0.765 bits per heavy atom. The summed E-state index contributed by atoms with van der Waals surface area (Å²) < 4.78 is 96.6. The lowest BCUT2D eigenvalue weighted by atomic mass is 9.99. The second-order valence-corrected chi connectivity index (χ2v) is 3.06. The standard InChI is InChI=1S/C6H8F8N2.ClH/c7-1(2(8)4(10)11)3(9)5(15,16)6(12,13)14;/h1-4H,15-16H2;1H. The van der Waals surface area contributed by atoms with Crippen LogP contribution in [-0.4, -0.2) is 36.8 Å². The van der Waals surface area contributed by atoms with Crippen LogP contribution in [0.5, 0.6) is 0 Å². The molecule has 3 unspecified atom stereocenters. The van der Waals surface area contributed by atoms with Gasteiger partial charge in [0, 0.05) is 0 Å². The third kappa shape index (κ3) is 4.11. The summed E-state index contributed by atoms with van der Waals surface area (Å²) in [5, 5.41) is 0. The summed E-state index contributed by atoms with van der Waals surface area (Å²) in [6.07, 6.45) is -20.9. The van der Waals surface area contributed by atoms with Crippen molar-refractivity contribution < 1.29 is 35.1 Å². The molecular weight excluding hydrogens is 288 g/mol. The van der Waals surface area contributed by atoms with Crippen molar-refractivity contribution in [3.63, 3.8) is 0 Å². The van der Waals surface area contributed by atoms with Crippen molar-refractivity contribution in [2.75, 3.05) is 0 Å². The third-order valence-electron chi connectivity index (χ3n) is 1.77. The number of hydrogen-bond donors (Lipinski definition) is 2. The van der Waals surface area contributed by atoms with E-state index in [2.05, 4.69) is 11.5 Å². The molecule has 0 aliphatic heterocycles. The molecule has 0 bridgehead atoms. The Kier molecular flexibility index (Phi) is 6.71. The van der Waals surface area contributed by atoms with Gasteiger partial charge in [-0.25, -0.2) is 22.0 Å². The quantitative estimate of drug-likeness (QED) is 0.614. The van der Waals surface area contributed by atoms with E-state index in [1.54, 1.807) is 0 Å². The fourth-order valence-electron chi connectivity index (χ4n) is 0.720. The molecule has 0 aromatic rings. The van der Waals surface area contributed by atoms with Gasteiger partial charge in [-0.3, -0.25) is 0 Å². The Morgan fingerprint density at radius 2 is 1.12 bits per heavy atom. The van der Waals surface area contributed by atoms with E-state index in [1.165, 1.54) is 0 Å². The smallest absolute Gasteiger partial charge is 0.303 e. The van der Waals surface area contributed by atoms with Crippen molar-refractivity contribution in [3.8, 4) is 0 Å². The van der Waals surface area contributed by atoms with E-state index in [4.69, 9.17) is 0 Å². The normalized spacial score (nSPS) is 18.5. The second-order valence-electron chi connectivity index (χ2n) is 3.06. The first-order chi connectivity index (χ1) is 6.93. The fraction of sp³-hybridized carbons (Fsp3) is 1.00. The van der Waals surface area contributed by atoms with E-state index in [-0.39, 0.29) is 12.4 Å². The highest BCUT2D eigenvalue weighted by atomic mass is 35.5. The van der Waals surface area contributed by atoms with Crippen LogP contribution in [-0.2, 0) is 0 Å². The first-order valence-corrected chi connectivity index (χ1v) is 3.77. The van der Waals surface area contributed by atoms with E-state index < -0.39 is 36.8 Å². The molecule has 0 rings (SSSR count). The molecule has 0 saturated carbocycles. The van der Waals surface area contributed by atoms with Crippen LogP contribution in [0.2, 0.25) is 0 Å². The lowest BCUT2D eigenvalue weighted by molar-refractivity contribution is -0.212. The van der Waals surface area contributed by atoms with Crippen molar-refractivity contribution in [2.45, 2.75) is 36.8 Å². The topological polar surface area (TPSA) is 52.0 Å². The van der Waals surface area contributed by atoms with Crippen LogP contribution in [0.1, 0.15) is 0 Å². The average Bonchev–Trinajstić information content (AvgIpc) is 2.12. The molecule has 0 spiro atoms. The lowest BCUT2D eigenvalue weighted by Gasteiger charge is -2.32. The van der Waals surface area contributed by atoms with Gasteiger partial charge < -0.3 is 11.5 Å². The van der Waals surface area contributed by atoms with Gasteiger partial charge in [-0.2, -0.15) is 13.2 Å². The zero-order valence-electron chi connectivity index (χ0n) is 7.90. The summed E-state index contributed by atoms with van der Waals surface area (Å²) in [5.41, 5.74) is 4.17. The summed E-state index contributed by atoms with van der Waals surface area (Å²) in [6, 6.07) is 0. The van der Waals surface area contributed by atoms with Crippen LogP contribution in [0.3, 0.4) is 0 Å². The number of hydrogen-bond acceptors (Lipinski definition) is 2. The molecule has 0 aromatic heterocycles. The van der Waals surface area contributed by atoms with Crippen molar-refractivity contribution in [3.05, 3.63) is 0 Å². The minimum absolute atomic E-state index is 0. The van der Waals surface area contributed by atoms with E-state index in [9.17, 15) is 35.1 Å². The highest BCUT2D eigenvalue weighted by molar-refractivity contribution is 5.85. The van der Waals surface area contributed by atoms with Gasteiger partial charge in [0.25, 0.3) is 6.43 Å². The Morgan fingerprint density at radius 3 is 1.35 bits per heavy atom. The molecule has 0 aliphatic rings. The van der Waals surface area contributed by atoms with Crippen LogP contribution >= 0.6 is 12.4 Å². The summed E-state index contributed by atoms with van der Waals surface area (Å²) in [7, 11) is 0. The van der Waals surface area contributed by atoms with Crippen molar-refractivity contribution >= 4 is 12.4 Å². The molecule has 0 amide bonds. The summed E-state index contributed by atoms with van der Waals surface area (Å²) in [4.78, 5) is 0. The molecule has 0 saturated heterocycles. The number of nitrogens with two attached hydrogens (primary N) is 2. The van der Waals surface area contributed by atoms with Crippen LogP contribution in [0, 0.1) is 0 Å². The van der Waals surface area contributed by atoms with Gasteiger partial charge in [0.05, 0.1) is 0 Å². The zero-order valence-corrected chi connectivity index (χ0v) is 8.71. The zero-order chi connectivity index (χ0) is 13.3.